The van der Waals surface area contributed by atoms with E-state index >= 15 is 0 Å². The van der Waals surface area contributed by atoms with Gasteiger partial charge in [0.2, 0.25) is 0 Å². The molecule has 1 aromatic heterocycles. The molecule has 0 unspecified atom stereocenters. The molecule has 0 bridgehead atoms. The van der Waals surface area contributed by atoms with E-state index in [1.165, 1.54) is 0 Å². The molecule has 0 amide bonds. The highest BCUT2D eigenvalue weighted by Crippen LogP contribution is 2.29. The Kier molecular flexibility index (Phi) is 4.30. The van der Waals surface area contributed by atoms with E-state index < -0.39 is 5.97 Å². The summed E-state index contributed by atoms with van der Waals surface area (Å²) in [6, 6.07) is 6.74. The quantitative estimate of drug-likeness (QED) is 0.916. The van der Waals surface area contributed by atoms with Gasteiger partial charge >= 0.3 is 5.97 Å². The van der Waals surface area contributed by atoms with Crippen molar-refractivity contribution < 1.29 is 9.90 Å². The second kappa shape index (κ2) is 5.78. The maximum atomic E-state index is 10.6. The lowest BCUT2D eigenvalue weighted by Crippen LogP contribution is -2.03. The Morgan fingerprint density at radius 2 is 1.68 bits per heavy atom. The van der Waals surface area contributed by atoms with Crippen molar-refractivity contribution >= 4 is 40.8 Å². The number of rotatable bonds is 3. The zero-order chi connectivity index (χ0) is 14.0. The highest BCUT2D eigenvalue weighted by atomic mass is 35.5. The standard InChI is InChI=1S/C13H8Cl3NO2/c14-9-1-7(2-10(15)4-9)8-3-11(16)12(17-6-8)5-13(18)19/h1-4,6H,5H2,(H,18,19). The number of hydrogen-bond acceptors (Lipinski definition) is 2. The first-order valence-corrected chi connectivity index (χ1v) is 6.42. The molecule has 3 nitrogen and oxygen atoms in total. The van der Waals surface area contributed by atoms with Crippen molar-refractivity contribution in [1.29, 1.82) is 0 Å². The topological polar surface area (TPSA) is 50.2 Å². The van der Waals surface area contributed by atoms with E-state index in [4.69, 9.17) is 39.9 Å². The molecule has 0 aliphatic carbocycles. The molecule has 0 atom stereocenters. The maximum absolute atomic E-state index is 10.6. The Labute approximate surface area is 124 Å². The molecule has 19 heavy (non-hydrogen) atoms. The van der Waals surface area contributed by atoms with Gasteiger partial charge in [0, 0.05) is 21.8 Å². The average Bonchev–Trinajstić information content (AvgIpc) is 2.30. The normalized spacial score (nSPS) is 10.5. The van der Waals surface area contributed by atoms with Crippen LogP contribution < -0.4 is 0 Å². The van der Waals surface area contributed by atoms with E-state index in [0.29, 0.717) is 20.8 Å². The molecule has 0 spiro atoms. The average molecular weight is 317 g/mol. The van der Waals surface area contributed by atoms with Crippen LogP contribution in [0.2, 0.25) is 15.1 Å². The van der Waals surface area contributed by atoms with Gasteiger partial charge in [0.05, 0.1) is 17.1 Å². The number of benzene rings is 1. The monoisotopic (exact) mass is 315 g/mol. The summed E-state index contributed by atoms with van der Waals surface area (Å²) in [6.07, 6.45) is 1.33. The van der Waals surface area contributed by atoms with Gasteiger partial charge in [-0.3, -0.25) is 9.78 Å². The molecule has 0 saturated heterocycles. The smallest absolute Gasteiger partial charge is 0.309 e. The van der Waals surface area contributed by atoms with Gasteiger partial charge in [0.1, 0.15) is 0 Å². The first-order chi connectivity index (χ1) is 8.95. The summed E-state index contributed by atoms with van der Waals surface area (Å²) < 4.78 is 0. The van der Waals surface area contributed by atoms with Gasteiger partial charge in [-0.1, -0.05) is 34.8 Å². The van der Waals surface area contributed by atoms with Crippen LogP contribution in [-0.4, -0.2) is 16.1 Å². The van der Waals surface area contributed by atoms with E-state index in [1.54, 1.807) is 30.5 Å². The van der Waals surface area contributed by atoms with Crippen LogP contribution >= 0.6 is 34.8 Å². The second-order valence-corrected chi connectivity index (χ2v) is 5.16. The Morgan fingerprint density at radius 3 is 2.21 bits per heavy atom. The van der Waals surface area contributed by atoms with Crippen molar-refractivity contribution in [2.45, 2.75) is 6.42 Å². The van der Waals surface area contributed by atoms with Gasteiger partial charge in [-0.2, -0.15) is 0 Å². The minimum Gasteiger partial charge on any atom is -0.481 e. The van der Waals surface area contributed by atoms with Gasteiger partial charge in [0.15, 0.2) is 0 Å². The van der Waals surface area contributed by atoms with E-state index in [9.17, 15) is 4.79 Å². The van der Waals surface area contributed by atoms with Gasteiger partial charge in [-0.15, -0.1) is 0 Å². The van der Waals surface area contributed by atoms with Gasteiger partial charge in [0.25, 0.3) is 0 Å². The maximum Gasteiger partial charge on any atom is 0.309 e. The highest BCUT2D eigenvalue weighted by Gasteiger charge is 2.09. The van der Waals surface area contributed by atoms with Crippen molar-refractivity contribution in [1.82, 2.24) is 4.98 Å². The second-order valence-electron chi connectivity index (χ2n) is 3.88. The summed E-state index contributed by atoms with van der Waals surface area (Å²) >= 11 is 17.9. The van der Waals surface area contributed by atoms with E-state index in [2.05, 4.69) is 4.98 Å². The molecular formula is C13H8Cl3NO2. The summed E-state index contributed by atoms with van der Waals surface area (Å²) in [4.78, 5) is 14.7. The molecule has 0 saturated carbocycles. The van der Waals surface area contributed by atoms with E-state index in [-0.39, 0.29) is 6.42 Å². The number of carboxylic acids is 1. The summed E-state index contributed by atoms with van der Waals surface area (Å²) in [5, 5.41) is 10.0. The molecule has 1 heterocycles. The van der Waals surface area contributed by atoms with E-state index in [0.717, 1.165) is 11.1 Å². The zero-order valence-electron chi connectivity index (χ0n) is 9.53. The van der Waals surface area contributed by atoms with Crippen molar-refractivity contribution in [2.24, 2.45) is 0 Å². The Hall–Kier alpha value is -1.29. The molecule has 0 radical (unpaired) electrons. The van der Waals surface area contributed by atoms with Crippen LogP contribution in [0.5, 0.6) is 0 Å². The van der Waals surface area contributed by atoms with Crippen molar-refractivity contribution in [3.63, 3.8) is 0 Å². The van der Waals surface area contributed by atoms with Gasteiger partial charge < -0.3 is 5.11 Å². The number of carbonyl (C=O) groups is 1. The summed E-state index contributed by atoms with van der Waals surface area (Å²) in [5.74, 6) is -0.979. The predicted molar refractivity (Wildman–Crippen MR) is 76.0 cm³/mol. The minimum absolute atomic E-state index is 0.213. The molecular weight excluding hydrogens is 309 g/mol. The largest absolute Gasteiger partial charge is 0.481 e. The lowest BCUT2D eigenvalue weighted by atomic mass is 10.1. The first-order valence-electron chi connectivity index (χ1n) is 5.28. The molecule has 2 rings (SSSR count). The third kappa shape index (κ3) is 3.60. The lowest BCUT2D eigenvalue weighted by Gasteiger charge is -2.06. The number of hydrogen-bond donors (Lipinski definition) is 1. The van der Waals surface area contributed by atoms with Crippen LogP contribution in [0.1, 0.15) is 5.69 Å². The summed E-state index contributed by atoms with van der Waals surface area (Å²) in [6.45, 7) is 0. The van der Waals surface area contributed by atoms with Gasteiger partial charge in [-0.25, -0.2) is 0 Å². The molecule has 1 N–H and O–H groups in total. The minimum atomic E-state index is -0.979. The highest BCUT2D eigenvalue weighted by molar-refractivity contribution is 6.35. The molecule has 1 aromatic carbocycles. The number of pyridine rings is 1. The molecule has 98 valence electrons. The van der Waals surface area contributed by atoms with E-state index in [1.807, 2.05) is 0 Å². The summed E-state index contributed by atoms with van der Waals surface area (Å²) in [5.41, 5.74) is 1.82. The first kappa shape index (κ1) is 14.1. The number of carboxylic acid groups (broad SMARTS) is 1. The molecule has 6 heteroatoms. The van der Waals surface area contributed by atoms with Crippen LogP contribution in [0.4, 0.5) is 0 Å². The fourth-order valence-electron chi connectivity index (χ4n) is 1.62. The zero-order valence-corrected chi connectivity index (χ0v) is 11.8. The fourth-order valence-corrected chi connectivity index (χ4v) is 2.38. The molecule has 0 fully saturated rings. The van der Waals surface area contributed by atoms with Crippen molar-refractivity contribution in [3.05, 3.63) is 51.2 Å². The third-order valence-corrected chi connectivity index (χ3v) is 3.20. The lowest BCUT2D eigenvalue weighted by molar-refractivity contribution is -0.136. The Morgan fingerprint density at radius 1 is 1.05 bits per heavy atom. The van der Waals surface area contributed by atoms with Crippen LogP contribution in [0.25, 0.3) is 11.1 Å². The van der Waals surface area contributed by atoms with Crippen LogP contribution in [0.15, 0.2) is 30.5 Å². The fraction of sp³-hybridized carbons (Fsp3) is 0.0769. The molecule has 0 aliphatic heterocycles. The van der Waals surface area contributed by atoms with Crippen LogP contribution in [0, 0.1) is 0 Å². The number of aliphatic carboxylic acids is 1. The summed E-state index contributed by atoms with van der Waals surface area (Å²) in [7, 11) is 0. The number of nitrogens with zero attached hydrogens (tertiary/aromatic N) is 1. The Balaban J connectivity index is 2.41. The number of halogens is 3. The SMILES string of the molecule is O=C(O)Cc1ncc(-c2cc(Cl)cc(Cl)c2)cc1Cl. The third-order valence-electron chi connectivity index (χ3n) is 2.43. The van der Waals surface area contributed by atoms with Crippen molar-refractivity contribution in [3.8, 4) is 11.1 Å². The number of aromatic nitrogens is 1. The van der Waals surface area contributed by atoms with Gasteiger partial charge in [-0.05, 0) is 29.8 Å². The molecule has 0 aliphatic rings. The van der Waals surface area contributed by atoms with Crippen LogP contribution in [-0.2, 0) is 11.2 Å². The van der Waals surface area contributed by atoms with Crippen molar-refractivity contribution in [2.75, 3.05) is 0 Å². The molecule has 2 aromatic rings. The van der Waals surface area contributed by atoms with Crippen LogP contribution in [0.3, 0.4) is 0 Å². The Bertz CT molecular complexity index is 624. The predicted octanol–water partition coefficient (Wildman–Crippen LogP) is 4.34.